The quantitative estimate of drug-likeness (QED) is 0.210. The molecule has 1 aromatic carbocycles. The molecule has 0 radical (unpaired) electrons. The second kappa shape index (κ2) is 11.7. The van der Waals surface area contributed by atoms with Gasteiger partial charge in [-0.15, -0.1) is 24.0 Å². The Balaban J connectivity index is 0.00000392. The average Bonchev–Trinajstić information content (AvgIpc) is 3.10. The molecule has 1 unspecified atom stereocenters. The molecular formula is C19H30IN5O3. The molecule has 0 aliphatic rings. The average molecular weight is 503 g/mol. The normalized spacial score (nSPS) is 13.2. The minimum Gasteiger partial charge on any atom is -0.497 e. The molecule has 0 spiro atoms. The lowest BCUT2D eigenvalue weighted by Crippen LogP contribution is -2.40. The lowest BCUT2D eigenvalue weighted by Gasteiger charge is -2.20. The van der Waals surface area contributed by atoms with Crippen LogP contribution in [0, 0.1) is 0 Å². The van der Waals surface area contributed by atoms with E-state index >= 15 is 0 Å². The Labute approximate surface area is 183 Å². The van der Waals surface area contributed by atoms with Crippen LogP contribution in [-0.4, -0.2) is 54.2 Å². The molecule has 1 atom stereocenters. The molecule has 1 heterocycles. The zero-order valence-corrected chi connectivity index (χ0v) is 19.1. The first kappa shape index (κ1) is 24.0. The summed E-state index contributed by atoms with van der Waals surface area (Å²) in [5.41, 5.74) is -0.362. The minimum absolute atomic E-state index is 0. The predicted molar refractivity (Wildman–Crippen MR) is 121 cm³/mol. The van der Waals surface area contributed by atoms with Gasteiger partial charge in [0.15, 0.2) is 5.96 Å². The lowest BCUT2D eigenvalue weighted by molar-refractivity contribution is 0.0672. The molecule has 0 saturated carbocycles. The van der Waals surface area contributed by atoms with E-state index in [4.69, 9.17) is 9.47 Å². The van der Waals surface area contributed by atoms with E-state index in [-0.39, 0.29) is 30.5 Å². The Morgan fingerprint density at radius 3 is 2.71 bits per heavy atom. The topological polar surface area (TPSA) is 92.9 Å². The maximum atomic E-state index is 10.6. The maximum absolute atomic E-state index is 10.6. The molecule has 2 aromatic rings. The van der Waals surface area contributed by atoms with Crippen molar-refractivity contribution in [3.8, 4) is 11.5 Å². The second-order valence-electron chi connectivity index (χ2n) is 6.33. The molecule has 0 saturated heterocycles. The van der Waals surface area contributed by atoms with Crippen molar-refractivity contribution in [1.29, 1.82) is 0 Å². The second-order valence-corrected chi connectivity index (χ2v) is 6.33. The Morgan fingerprint density at radius 2 is 2.07 bits per heavy atom. The van der Waals surface area contributed by atoms with Gasteiger partial charge in [0, 0.05) is 31.4 Å². The third kappa shape index (κ3) is 7.55. The third-order valence-corrected chi connectivity index (χ3v) is 3.92. The van der Waals surface area contributed by atoms with Crippen LogP contribution in [0.25, 0.3) is 0 Å². The van der Waals surface area contributed by atoms with Crippen molar-refractivity contribution in [2.45, 2.75) is 19.4 Å². The van der Waals surface area contributed by atoms with Crippen molar-refractivity contribution in [3.63, 3.8) is 0 Å². The van der Waals surface area contributed by atoms with Crippen molar-refractivity contribution in [2.75, 3.05) is 33.4 Å². The molecule has 0 aliphatic carbocycles. The van der Waals surface area contributed by atoms with Crippen LogP contribution in [-0.2, 0) is 12.6 Å². The van der Waals surface area contributed by atoms with Crippen molar-refractivity contribution in [3.05, 3.63) is 42.2 Å². The van der Waals surface area contributed by atoms with Crippen LogP contribution < -0.4 is 20.1 Å². The summed E-state index contributed by atoms with van der Waals surface area (Å²) >= 11 is 0. The summed E-state index contributed by atoms with van der Waals surface area (Å²) in [5, 5.41) is 21.1. The zero-order chi connectivity index (χ0) is 19.7. The van der Waals surface area contributed by atoms with Gasteiger partial charge in [0.25, 0.3) is 0 Å². The standard InChI is InChI=1S/C19H29N5O3.HI/c1-5-20-18(22-14-19(2,25)15-12-23-24(3)13-15)21-9-10-27-17-8-6-7-16(11-17)26-4;/h6-8,11-13,25H,5,9-10,14H2,1-4H3,(H2,20,21,22);1H. The molecular weight excluding hydrogens is 473 g/mol. The van der Waals surface area contributed by atoms with Gasteiger partial charge in [0.2, 0.25) is 0 Å². The Hall–Kier alpha value is -2.01. The van der Waals surface area contributed by atoms with E-state index in [0.717, 1.165) is 23.6 Å². The largest absolute Gasteiger partial charge is 0.497 e. The first-order valence-corrected chi connectivity index (χ1v) is 8.95. The first-order chi connectivity index (χ1) is 12.9. The summed E-state index contributed by atoms with van der Waals surface area (Å²) in [7, 11) is 3.44. The fourth-order valence-corrected chi connectivity index (χ4v) is 2.39. The molecule has 0 fully saturated rings. The van der Waals surface area contributed by atoms with Gasteiger partial charge >= 0.3 is 0 Å². The highest BCUT2D eigenvalue weighted by Crippen LogP contribution is 2.20. The van der Waals surface area contributed by atoms with Gasteiger partial charge < -0.3 is 25.2 Å². The molecule has 0 bridgehead atoms. The summed E-state index contributed by atoms with van der Waals surface area (Å²) in [6.07, 6.45) is 3.44. The summed E-state index contributed by atoms with van der Waals surface area (Å²) in [6.45, 7) is 5.68. The van der Waals surface area contributed by atoms with Gasteiger partial charge in [-0.05, 0) is 26.0 Å². The summed E-state index contributed by atoms with van der Waals surface area (Å²) in [5.74, 6) is 2.13. The molecule has 156 valence electrons. The van der Waals surface area contributed by atoms with Crippen LogP contribution in [0.5, 0.6) is 11.5 Å². The number of ether oxygens (including phenoxy) is 2. The molecule has 0 amide bonds. The number of nitrogens with zero attached hydrogens (tertiary/aromatic N) is 3. The van der Waals surface area contributed by atoms with Gasteiger partial charge in [-0.1, -0.05) is 6.07 Å². The number of hydrogen-bond donors (Lipinski definition) is 3. The van der Waals surface area contributed by atoms with Crippen LogP contribution >= 0.6 is 24.0 Å². The summed E-state index contributed by atoms with van der Waals surface area (Å²) in [4.78, 5) is 4.47. The highest BCUT2D eigenvalue weighted by molar-refractivity contribution is 14.0. The number of aromatic nitrogens is 2. The monoisotopic (exact) mass is 503 g/mol. The SMILES string of the molecule is CCNC(=NCC(C)(O)c1cnn(C)c1)NCCOc1cccc(OC)c1.I. The van der Waals surface area contributed by atoms with E-state index in [1.807, 2.05) is 38.2 Å². The molecule has 28 heavy (non-hydrogen) atoms. The Morgan fingerprint density at radius 1 is 1.32 bits per heavy atom. The Bertz CT molecular complexity index is 749. The molecule has 8 nitrogen and oxygen atoms in total. The van der Waals surface area contributed by atoms with Crippen LogP contribution in [0.3, 0.4) is 0 Å². The predicted octanol–water partition coefficient (Wildman–Crippen LogP) is 1.89. The van der Waals surface area contributed by atoms with Gasteiger partial charge in [-0.2, -0.15) is 5.10 Å². The number of methoxy groups -OCH3 is 1. The summed E-state index contributed by atoms with van der Waals surface area (Å²) in [6, 6.07) is 7.47. The number of benzene rings is 1. The minimum atomic E-state index is -1.09. The highest BCUT2D eigenvalue weighted by Gasteiger charge is 2.24. The highest BCUT2D eigenvalue weighted by atomic mass is 127. The van der Waals surface area contributed by atoms with Crippen LogP contribution in [0.4, 0.5) is 0 Å². The fraction of sp³-hybridized carbons (Fsp3) is 0.474. The maximum Gasteiger partial charge on any atom is 0.191 e. The van der Waals surface area contributed by atoms with Crippen molar-refractivity contribution in [1.82, 2.24) is 20.4 Å². The molecule has 2 rings (SSSR count). The van der Waals surface area contributed by atoms with Gasteiger partial charge in [-0.25, -0.2) is 4.99 Å². The van der Waals surface area contributed by atoms with E-state index < -0.39 is 5.60 Å². The Kier molecular flexibility index (Phi) is 10.1. The molecule has 3 N–H and O–H groups in total. The molecule has 1 aromatic heterocycles. The van der Waals surface area contributed by atoms with E-state index in [9.17, 15) is 5.11 Å². The van der Waals surface area contributed by atoms with Crippen molar-refractivity contribution >= 4 is 29.9 Å². The molecule has 0 aliphatic heterocycles. The zero-order valence-electron chi connectivity index (χ0n) is 16.8. The smallest absolute Gasteiger partial charge is 0.191 e. The molecule has 9 heteroatoms. The van der Waals surface area contributed by atoms with Gasteiger partial charge in [0.05, 0.1) is 26.4 Å². The number of aryl methyl sites for hydroxylation is 1. The first-order valence-electron chi connectivity index (χ1n) is 8.95. The van der Waals surface area contributed by atoms with Crippen molar-refractivity contribution < 1.29 is 14.6 Å². The van der Waals surface area contributed by atoms with E-state index in [1.165, 1.54) is 0 Å². The number of guanidine groups is 1. The van der Waals surface area contributed by atoms with Crippen LogP contribution in [0.15, 0.2) is 41.7 Å². The van der Waals surface area contributed by atoms with Gasteiger partial charge in [-0.3, -0.25) is 4.68 Å². The van der Waals surface area contributed by atoms with Crippen LogP contribution in [0.2, 0.25) is 0 Å². The van der Waals surface area contributed by atoms with E-state index in [1.54, 1.807) is 31.1 Å². The number of nitrogens with one attached hydrogen (secondary N) is 2. The fourth-order valence-electron chi connectivity index (χ4n) is 2.39. The number of halogens is 1. The summed E-state index contributed by atoms with van der Waals surface area (Å²) < 4.78 is 12.5. The van der Waals surface area contributed by atoms with Gasteiger partial charge in [0.1, 0.15) is 23.7 Å². The number of aliphatic hydroxyl groups is 1. The number of rotatable bonds is 9. The van der Waals surface area contributed by atoms with Crippen molar-refractivity contribution in [2.24, 2.45) is 12.0 Å². The lowest BCUT2D eigenvalue weighted by atomic mass is 10.0. The van der Waals surface area contributed by atoms with E-state index in [0.29, 0.717) is 19.1 Å². The van der Waals surface area contributed by atoms with E-state index in [2.05, 4.69) is 20.7 Å². The number of hydrogen-bond acceptors (Lipinski definition) is 5. The third-order valence-electron chi connectivity index (χ3n) is 3.92. The van der Waals surface area contributed by atoms with Crippen LogP contribution in [0.1, 0.15) is 19.4 Å². The number of aliphatic imine (C=N–C) groups is 1.